The molecule has 23 heavy (non-hydrogen) atoms. The predicted molar refractivity (Wildman–Crippen MR) is 82.6 cm³/mol. The van der Waals surface area contributed by atoms with Gasteiger partial charge in [0.25, 0.3) is 11.5 Å². The van der Waals surface area contributed by atoms with Gasteiger partial charge in [-0.15, -0.1) is 0 Å². The number of carbonyl (C=O) groups is 1. The summed E-state index contributed by atoms with van der Waals surface area (Å²) < 4.78 is 3.20. The van der Waals surface area contributed by atoms with Gasteiger partial charge in [0.15, 0.2) is 0 Å². The summed E-state index contributed by atoms with van der Waals surface area (Å²) in [6.07, 6.45) is 4.50. The Hall–Kier alpha value is -2.41. The number of fused-ring (bicyclic) bond motifs is 1. The van der Waals surface area contributed by atoms with Crippen LogP contribution in [0.1, 0.15) is 29.0 Å². The number of aromatic nitrogens is 3. The Kier molecular flexibility index (Phi) is 3.12. The molecular weight excluding hydrogens is 296 g/mol. The van der Waals surface area contributed by atoms with E-state index in [1.165, 1.54) is 4.57 Å². The third-order valence-electron chi connectivity index (χ3n) is 4.79. The van der Waals surface area contributed by atoms with Crippen molar-refractivity contribution in [2.75, 3.05) is 6.54 Å². The van der Waals surface area contributed by atoms with Crippen molar-refractivity contribution in [2.24, 2.45) is 0 Å². The Morgan fingerprint density at radius 3 is 2.65 bits per heavy atom. The fraction of sp³-hybridized carbons (Fsp3) is 0.438. The maximum atomic E-state index is 12.7. The smallest absolute Gasteiger partial charge is 0.275 e. The van der Waals surface area contributed by atoms with E-state index in [1.54, 1.807) is 34.1 Å². The standard InChI is InChI=1S/C16H18N4O3/c1-10-8-18(9-17-10)12-2-3-13-16(23)19(11-4-5-14(11)21)6-7-20(13)15(12)22/h2-3,8-9,11,14,21H,4-7H2,1H3. The molecule has 7 nitrogen and oxygen atoms in total. The van der Waals surface area contributed by atoms with E-state index in [4.69, 9.17) is 0 Å². The molecule has 1 N–H and O–H groups in total. The normalized spacial score (nSPS) is 23.6. The topological polar surface area (TPSA) is 80.4 Å². The molecule has 2 unspecified atom stereocenters. The van der Waals surface area contributed by atoms with Gasteiger partial charge in [0, 0.05) is 19.3 Å². The van der Waals surface area contributed by atoms with E-state index >= 15 is 0 Å². The molecule has 0 bridgehead atoms. The fourth-order valence-electron chi connectivity index (χ4n) is 3.33. The van der Waals surface area contributed by atoms with Gasteiger partial charge < -0.3 is 19.1 Å². The monoisotopic (exact) mass is 314 g/mol. The zero-order valence-electron chi connectivity index (χ0n) is 12.8. The van der Waals surface area contributed by atoms with Gasteiger partial charge in [0.1, 0.15) is 11.4 Å². The van der Waals surface area contributed by atoms with Crippen molar-refractivity contribution >= 4 is 5.91 Å². The highest BCUT2D eigenvalue weighted by Crippen LogP contribution is 2.28. The maximum absolute atomic E-state index is 12.7. The molecule has 2 aromatic heterocycles. The van der Waals surface area contributed by atoms with Crippen LogP contribution < -0.4 is 5.56 Å². The number of imidazole rings is 1. The van der Waals surface area contributed by atoms with E-state index in [0.717, 1.165) is 18.5 Å². The molecule has 120 valence electrons. The van der Waals surface area contributed by atoms with Gasteiger partial charge >= 0.3 is 0 Å². The van der Waals surface area contributed by atoms with Crippen LogP contribution in [0.25, 0.3) is 5.69 Å². The molecule has 1 aliphatic heterocycles. The summed E-state index contributed by atoms with van der Waals surface area (Å²) >= 11 is 0. The van der Waals surface area contributed by atoms with Crippen molar-refractivity contribution in [3.63, 3.8) is 0 Å². The van der Waals surface area contributed by atoms with Crippen LogP contribution in [0.2, 0.25) is 0 Å². The highest BCUT2D eigenvalue weighted by Gasteiger charge is 2.39. The number of nitrogens with zero attached hydrogens (tertiary/aromatic N) is 4. The Balaban J connectivity index is 1.72. The van der Waals surface area contributed by atoms with Crippen LogP contribution >= 0.6 is 0 Å². The van der Waals surface area contributed by atoms with Crippen LogP contribution in [0, 0.1) is 6.92 Å². The maximum Gasteiger partial charge on any atom is 0.275 e. The lowest BCUT2D eigenvalue weighted by Gasteiger charge is -2.43. The molecule has 1 saturated carbocycles. The van der Waals surface area contributed by atoms with Crippen molar-refractivity contribution in [3.05, 3.63) is 46.4 Å². The summed E-state index contributed by atoms with van der Waals surface area (Å²) in [4.78, 5) is 31.2. The molecule has 2 atom stereocenters. The Morgan fingerprint density at radius 1 is 1.22 bits per heavy atom. The van der Waals surface area contributed by atoms with Gasteiger partial charge in [-0.05, 0) is 31.9 Å². The molecule has 3 heterocycles. The van der Waals surface area contributed by atoms with E-state index in [1.807, 2.05) is 6.92 Å². The van der Waals surface area contributed by atoms with Gasteiger partial charge in [-0.3, -0.25) is 9.59 Å². The molecule has 0 aromatic carbocycles. The first-order chi connectivity index (χ1) is 11.1. The molecular formula is C16H18N4O3. The summed E-state index contributed by atoms with van der Waals surface area (Å²) in [7, 11) is 0. The van der Waals surface area contributed by atoms with Crippen LogP contribution in [0.4, 0.5) is 0 Å². The molecule has 1 aliphatic carbocycles. The van der Waals surface area contributed by atoms with Gasteiger partial charge in [-0.2, -0.15) is 0 Å². The third kappa shape index (κ3) is 2.11. The minimum absolute atomic E-state index is 0.109. The van der Waals surface area contributed by atoms with E-state index in [2.05, 4.69) is 4.98 Å². The SMILES string of the molecule is Cc1cn(-c2ccc3n(c2=O)CCN(C2CCC2O)C3=O)cn1. The average molecular weight is 314 g/mol. The van der Waals surface area contributed by atoms with Crippen LogP contribution in [0.15, 0.2) is 29.5 Å². The summed E-state index contributed by atoms with van der Waals surface area (Å²) in [5.74, 6) is -0.175. The number of aryl methyl sites for hydroxylation is 1. The Bertz CT molecular complexity index is 838. The van der Waals surface area contributed by atoms with Crippen LogP contribution in [0.3, 0.4) is 0 Å². The van der Waals surface area contributed by atoms with Gasteiger partial charge in [-0.1, -0.05) is 0 Å². The highest BCUT2D eigenvalue weighted by molar-refractivity contribution is 5.93. The molecule has 2 aromatic rings. The number of aliphatic hydroxyl groups excluding tert-OH is 1. The molecule has 0 saturated heterocycles. The third-order valence-corrected chi connectivity index (χ3v) is 4.79. The first-order valence-corrected chi connectivity index (χ1v) is 7.80. The van der Waals surface area contributed by atoms with Crippen molar-refractivity contribution in [2.45, 2.75) is 38.5 Å². The second-order valence-electron chi connectivity index (χ2n) is 6.19. The summed E-state index contributed by atoms with van der Waals surface area (Å²) in [6.45, 7) is 2.77. The number of amides is 1. The number of aliphatic hydroxyl groups is 1. The van der Waals surface area contributed by atoms with Crippen LogP contribution in [-0.4, -0.2) is 48.7 Å². The quantitative estimate of drug-likeness (QED) is 0.866. The second-order valence-corrected chi connectivity index (χ2v) is 6.19. The van der Waals surface area contributed by atoms with E-state index < -0.39 is 6.10 Å². The Morgan fingerprint density at radius 2 is 2.04 bits per heavy atom. The summed E-state index contributed by atoms with van der Waals surface area (Å²) in [5, 5.41) is 9.80. The zero-order chi connectivity index (χ0) is 16.1. The molecule has 7 heteroatoms. The van der Waals surface area contributed by atoms with Gasteiger partial charge in [-0.25, -0.2) is 4.98 Å². The van der Waals surface area contributed by atoms with E-state index in [-0.39, 0.29) is 17.5 Å². The summed E-state index contributed by atoms with van der Waals surface area (Å²) in [5.41, 5.74) is 1.51. The first-order valence-electron chi connectivity index (χ1n) is 7.80. The minimum atomic E-state index is -0.439. The fourth-order valence-corrected chi connectivity index (χ4v) is 3.33. The second kappa shape index (κ2) is 5.06. The first kappa shape index (κ1) is 14.2. The lowest BCUT2D eigenvalue weighted by atomic mass is 9.87. The zero-order valence-corrected chi connectivity index (χ0v) is 12.8. The van der Waals surface area contributed by atoms with Crippen LogP contribution in [0.5, 0.6) is 0 Å². The number of hydrogen-bond acceptors (Lipinski definition) is 4. The molecule has 0 radical (unpaired) electrons. The van der Waals surface area contributed by atoms with E-state index in [0.29, 0.717) is 24.5 Å². The van der Waals surface area contributed by atoms with Crippen molar-refractivity contribution in [1.82, 2.24) is 19.0 Å². The van der Waals surface area contributed by atoms with Gasteiger partial charge in [0.2, 0.25) is 0 Å². The molecule has 4 rings (SSSR count). The number of pyridine rings is 1. The lowest BCUT2D eigenvalue weighted by Crippen LogP contribution is -2.57. The summed E-state index contributed by atoms with van der Waals surface area (Å²) in [6, 6.07) is 3.24. The lowest BCUT2D eigenvalue weighted by molar-refractivity contribution is -0.0186. The van der Waals surface area contributed by atoms with Crippen molar-refractivity contribution in [1.29, 1.82) is 0 Å². The predicted octanol–water partition coefficient (Wildman–Crippen LogP) is 0.322. The number of carbonyl (C=O) groups excluding carboxylic acids is 1. The molecule has 2 aliphatic rings. The molecule has 1 amide bonds. The van der Waals surface area contributed by atoms with Gasteiger partial charge in [0.05, 0.1) is 24.2 Å². The Labute approximate surface area is 132 Å². The van der Waals surface area contributed by atoms with Crippen molar-refractivity contribution < 1.29 is 9.90 Å². The molecule has 1 fully saturated rings. The average Bonchev–Trinajstić information content (AvgIpc) is 2.95. The highest BCUT2D eigenvalue weighted by atomic mass is 16.3. The largest absolute Gasteiger partial charge is 0.391 e. The van der Waals surface area contributed by atoms with Crippen LogP contribution in [-0.2, 0) is 6.54 Å². The minimum Gasteiger partial charge on any atom is -0.391 e. The molecule has 0 spiro atoms. The number of hydrogen-bond donors (Lipinski definition) is 1. The van der Waals surface area contributed by atoms with Crippen molar-refractivity contribution in [3.8, 4) is 5.69 Å². The van der Waals surface area contributed by atoms with E-state index in [9.17, 15) is 14.7 Å². The number of rotatable bonds is 2.